The highest BCUT2D eigenvalue weighted by Gasteiger charge is 2.38. The summed E-state index contributed by atoms with van der Waals surface area (Å²) < 4.78 is 38.7. The van der Waals surface area contributed by atoms with Gasteiger partial charge >= 0.3 is 6.18 Å². The third kappa shape index (κ3) is 2.97. The molecule has 0 aromatic carbocycles. The van der Waals surface area contributed by atoms with Gasteiger partial charge in [-0.05, 0) is 25.5 Å². The standard InChI is InChI=1S/C13H11F3N4S/c1-12(2,6-17)7-3-4-8(19-5-7)9-10(13(14,15)16)20-11(18)21-9/h3-5H,1-2H3,(H2,18,20). The van der Waals surface area contributed by atoms with Crippen LogP contribution in [0.5, 0.6) is 0 Å². The number of hydrogen-bond donors (Lipinski definition) is 1. The number of nitrogens with zero attached hydrogens (tertiary/aromatic N) is 3. The number of alkyl halides is 3. The summed E-state index contributed by atoms with van der Waals surface area (Å²) in [5.74, 6) is 0. The van der Waals surface area contributed by atoms with Crippen molar-refractivity contribution in [2.75, 3.05) is 5.73 Å². The molecule has 21 heavy (non-hydrogen) atoms. The van der Waals surface area contributed by atoms with Crippen molar-refractivity contribution in [3.8, 4) is 16.6 Å². The summed E-state index contributed by atoms with van der Waals surface area (Å²) in [6.45, 7) is 3.41. The van der Waals surface area contributed by atoms with Gasteiger partial charge in [0, 0.05) is 6.20 Å². The van der Waals surface area contributed by atoms with Crippen LogP contribution < -0.4 is 5.73 Å². The van der Waals surface area contributed by atoms with E-state index in [-0.39, 0.29) is 15.7 Å². The predicted molar refractivity (Wildman–Crippen MR) is 73.4 cm³/mol. The van der Waals surface area contributed by atoms with Gasteiger partial charge in [-0.3, -0.25) is 4.98 Å². The lowest BCUT2D eigenvalue weighted by Crippen LogP contribution is -2.14. The molecule has 0 radical (unpaired) electrons. The first-order chi connectivity index (χ1) is 9.65. The molecule has 2 rings (SSSR count). The van der Waals surface area contributed by atoms with Crippen molar-refractivity contribution in [1.29, 1.82) is 5.26 Å². The third-order valence-corrected chi connectivity index (χ3v) is 3.82. The van der Waals surface area contributed by atoms with Crippen molar-refractivity contribution in [3.05, 3.63) is 29.6 Å². The molecule has 0 aliphatic carbocycles. The molecule has 8 heteroatoms. The maximum atomic E-state index is 12.9. The SMILES string of the molecule is CC(C)(C#N)c1ccc(-c2sc(N)nc2C(F)(F)F)nc1. The van der Waals surface area contributed by atoms with Crippen LogP contribution in [0.15, 0.2) is 18.3 Å². The Labute approximate surface area is 123 Å². The van der Waals surface area contributed by atoms with Gasteiger partial charge in [0.15, 0.2) is 10.8 Å². The van der Waals surface area contributed by atoms with Gasteiger partial charge in [-0.1, -0.05) is 17.4 Å². The molecule has 2 N–H and O–H groups in total. The van der Waals surface area contributed by atoms with Crippen molar-refractivity contribution >= 4 is 16.5 Å². The molecule has 2 heterocycles. The molecule has 0 fully saturated rings. The van der Waals surface area contributed by atoms with E-state index in [0.29, 0.717) is 5.56 Å². The first-order valence-corrected chi connectivity index (χ1v) is 6.68. The number of pyridine rings is 1. The number of hydrogen-bond acceptors (Lipinski definition) is 5. The zero-order valence-electron chi connectivity index (χ0n) is 11.2. The van der Waals surface area contributed by atoms with Crippen LogP contribution >= 0.6 is 11.3 Å². The number of anilines is 1. The van der Waals surface area contributed by atoms with Crippen LogP contribution in [0, 0.1) is 11.3 Å². The molecule has 0 aliphatic rings. The van der Waals surface area contributed by atoms with Gasteiger partial charge in [-0.25, -0.2) is 4.98 Å². The van der Waals surface area contributed by atoms with E-state index >= 15 is 0 Å². The van der Waals surface area contributed by atoms with Crippen LogP contribution in [0.3, 0.4) is 0 Å². The molecule has 0 aliphatic heterocycles. The molecule has 0 saturated carbocycles. The summed E-state index contributed by atoms with van der Waals surface area (Å²) in [5, 5.41) is 8.87. The Hall–Kier alpha value is -2.14. The molecule has 0 atom stereocenters. The Kier molecular flexibility index (Phi) is 3.63. The van der Waals surface area contributed by atoms with Crippen molar-refractivity contribution in [2.45, 2.75) is 25.4 Å². The fourth-order valence-electron chi connectivity index (χ4n) is 1.66. The number of nitrogens with two attached hydrogens (primary N) is 1. The highest BCUT2D eigenvalue weighted by Crippen LogP contribution is 2.40. The summed E-state index contributed by atoms with van der Waals surface area (Å²) in [7, 11) is 0. The Morgan fingerprint density at radius 1 is 1.29 bits per heavy atom. The molecule has 4 nitrogen and oxygen atoms in total. The topological polar surface area (TPSA) is 75.6 Å². The van der Waals surface area contributed by atoms with Crippen LogP contribution in [0.25, 0.3) is 10.6 Å². The van der Waals surface area contributed by atoms with Crippen LogP contribution in [-0.4, -0.2) is 9.97 Å². The Morgan fingerprint density at radius 2 is 1.95 bits per heavy atom. The smallest absolute Gasteiger partial charge is 0.375 e. The van der Waals surface area contributed by atoms with Crippen LogP contribution in [-0.2, 0) is 11.6 Å². The normalized spacial score (nSPS) is 12.2. The minimum atomic E-state index is -4.59. The number of aromatic nitrogens is 2. The quantitative estimate of drug-likeness (QED) is 0.919. The Bertz CT molecular complexity index is 696. The van der Waals surface area contributed by atoms with Gasteiger partial charge < -0.3 is 5.73 Å². The first-order valence-electron chi connectivity index (χ1n) is 5.87. The number of thiazole rings is 1. The third-order valence-electron chi connectivity index (χ3n) is 2.91. The molecule has 0 unspecified atom stereocenters. The predicted octanol–water partition coefficient (Wildman–Crippen LogP) is 3.61. The molecule has 2 aromatic rings. The van der Waals surface area contributed by atoms with Gasteiger partial charge in [0.05, 0.1) is 22.1 Å². The second-order valence-electron chi connectivity index (χ2n) is 4.90. The lowest BCUT2D eigenvalue weighted by molar-refractivity contribution is -0.140. The van der Waals surface area contributed by atoms with E-state index in [9.17, 15) is 13.2 Å². The highest BCUT2D eigenvalue weighted by molar-refractivity contribution is 7.18. The van der Waals surface area contributed by atoms with E-state index in [4.69, 9.17) is 11.0 Å². The number of rotatable bonds is 2. The van der Waals surface area contributed by atoms with Crippen LogP contribution in [0.2, 0.25) is 0 Å². The van der Waals surface area contributed by atoms with Crippen molar-refractivity contribution in [1.82, 2.24) is 9.97 Å². The monoisotopic (exact) mass is 312 g/mol. The van der Waals surface area contributed by atoms with E-state index in [0.717, 1.165) is 11.3 Å². The summed E-state index contributed by atoms with van der Waals surface area (Å²) in [4.78, 5) is 7.22. The summed E-state index contributed by atoms with van der Waals surface area (Å²) >= 11 is 0.733. The molecular weight excluding hydrogens is 301 g/mol. The fraction of sp³-hybridized carbons (Fsp3) is 0.308. The molecule has 0 saturated heterocycles. The zero-order chi connectivity index (χ0) is 15.8. The maximum absolute atomic E-state index is 12.9. The largest absolute Gasteiger partial charge is 0.434 e. The molecule has 0 spiro atoms. The minimum Gasteiger partial charge on any atom is -0.375 e. The Morgan fingerprint density at radius 3 is 2.43 bits per heavy atom. The van der Waals surface area contributed by atoms with Crippen LogP contribution in [0.1, 0.15) is 25.1 Å². The number of halogens is 3. The summed E-state index contributed by atoms with van der Waals surface area (Å²) in [6, 6.07) is 5.13. The second kappa shape index (κ2) is 5.00. The van der Waals surface area contributed by atoms with E-state index in [1.165, 1.54) is 12.3 Å². The number of nitrogen functional groups attached to an aromatic ring is 1. The molecule has 0 amide bonds. The minimum absolute atomic E-state index is 0.124. The van der Waals surface area contributed by atoms with Crippen LogP contribution in [0.4, 0.5) is 18.3 Å². The molecular formula is C13H11F3N4S. The van der Waals surface area contributed by atoms with Crippen molar-refractivity contribution in [3.63, 3.8) is 0 Å². The van der Waals surface area contributed by atoms with Gasteiger partial charge in [0.25, 0.3) is 0 Å². The van der Waals surface area contributed by atoms with E-state index in [1.54, 1.807) is 19.9 Å². The highest BCUT2D eigenvalue weighted by atomic mass is 32.1. The van der Waals surface area contributed by atoms with Gasteiger partial charge in [0.2, 0.25) is 0 Å². The van der Waals surface area contributed by atoms with E-state index in [2.05, 4.69) is 16.0 Å². The zero-order valence-corrected chi connectivity index (χ0v) is 12.0. The van der Waals surface area contributed by atoms with E-state index < -0.39 is 17.3 Å². The molecule has 2 aromatic heterocycles. The Balaban J connectivity index is 2.48. The van der Waals surface area contributed by atoms with Crippen molar-refractivity contribution in [2.24, 2.45) is 0 Å². The summed E-state index contributed by atoms with van der Waals surface area (Å²) in [6.07, 6.45) is -3.19. The number of nitriles is 1. The fourth-order valence-corrected chi connectivity index (χ4v) is 2.49. The van der Waals surface area contributed by atoms with Gasteiger partial charge in [-0.2, -0.15) is 18.4 Å². The lowest BCUT2D eigenvalue weighted by atomic mass is 9.87. The summed E-state index contributed by atoms with van der Waals surface area (Å²) in [5.41, 5.74) is 4.33. The van der Waals surface area contributed by atoms with Gasteiger partial charge in [0.1, 0.15) is 0 Å². The average Bonchev–Trinajstić information content (AvgIpc) is 2.81. The lowest BCUT2D eigenvalue weighted by Gasteiger charge is -2.15. The van der Waals surface area contributed by atoms with Crippen molar-refractivity contribution < 1.29 is 13.2 Å². The maximum Gasteiger partial charge on any atom is 0.434 e. The second-order valence-corrected chi connectivity index (χ2v) is 5.93. The first kappa shape index (κ1) is 15.3. The van der Waals surface area contributed by atoms with E-state index in [1.807, 2.05) is 0 Å². The van der Waals surface area contributed by atoms with Gasteiger partial charge in [-0.15, -0.1) is 0 Å². The molecule has 0 bridgehead atoms. The molecule has 110 valence electrons. The average molecular weight is 312 g/mol.